The topological polar surface area (TPSA) is 3.24 Å². The van der Waals surface area contributed by atoms with Gasteiger partial charge in [0.15, 0.2) is 0 Å². The summed E-state index contributed by atoms with van der Waals surface area (Å²) in [4.78, 5) is 2.25. The minimum atomic E-state index is 0.241. The van der Waals surface area contributed by atoms with Crippen LogP contribution in [0.3, 0.4) is 0 Å². The maximum atomic E-state index is 2.33. The molecule has 0 radical (unpaired) electrons. The van der Waals surface area contributed by atoms with E-state index in [4.69, 9.17) is 0 Å². The van der Waals surface area contributed by atoms with Gasteiger partial charge in [0.2, 0.25) is 0 Å². The first-order valence-electron chi connectivity index (χ1n) is 6.01. The monoisotopic (exact) mass is 219 g/mol. The van der Waals surface area contributed by atoms with Gasteiger partial charge in [0.25, 0.3) is 0 Å². The predicted octanol–water partition coefficient (Wildman–Crippen LogP) is 3.92. The molecule has 0 aliphatic heterocycles. The van der Waals surface area contributed by atoms with Crippen molar-refractivity contribution in [1.82, 2.24) is 4.90 Å². The molecular weight excluding hydrogens is 194 g/mol. The van der Waals surface area contributed by atoms with Crippen molar-refractivity contribution in [3.05, 3.63) is 34.9 Å². The molecule has 1 unspecified atom stereocenters. The molecule has 1 nitrogen and oxygen atoms in total. The molecule has 0 aliphatic carbocycles. The van der Waals surface area contributed by atoms with E-state index in [9.17, 15) is 0 Å². The van der Waals surface area contributed by atoms with Gasteiger partial charge in [-0.3, -0.25) is 0 Å². The highest BCUT2D eigenvalue weighted by Crippen LogP contribution is 2.27. The molecule has 0 aliphatic rings. The maximum Gasteiger partial charge on any atom is 0.0316 e. The molecule has 1 atom stereocenters. The minimum Gasteiger partial charge on any atom is -0.303 e. The van der Waals surface area contributed by atoms with Crippen molar-refractivity contribution in [2.24, 2.45) is 0 Å². The molecule has 0 amide bonds. The lowest BCUT2D eigenvalue weighted by molar-refractivity contribution is 0.320. The lowest BCUT2D eigenvalue weighted by atomic mass is 9.84. The number of benzene rings is 1. The van der Waals surface area contributed by atoms with E-state index in [1.165, 1.54) is 16.7 Å². The lowest BCUT2D eigenvalue weighted by Gasteiger charge is -2.25. The Kier molecular flexibility index (Phi) is 3.80. The third-order valence-electron chi connectivity index (χ3n) is 3.36. The zero-order chi connectivity index (χ0) is 12.5. The van der Waals surface area contributed by atoms with Crippen molar-refractivity contribution in [2.75, 3.05) is 14.1 Å². The second-order valence-corrected chi connectivity index (χ2v) is 5.96. The molecule has 1 heteroatoms. The molecular formula is C15H25N. The van der Waals surface area contributed by atoms with Gasteiger partial charge in [-0.05, 0) is 50.0 Å². The molecule has 0 aromatic heterocycles. The summed E-state index contributed by atoms with van der Waals surface area (Å²) in [7, 11) is 4.25. The lowest BCUT2D eigenvalue weighted by Crippen LogP contribution is -2.18. The van der Waals surface area contributed by atoms with Crippen LogP contribution in [-0.2, 0) is 5.41 Å². The number of hydrogen-bond donors (Lipinski definition) is 0. The molecule has 16 heavy (non-hydrogen) atoms. The minimum absolute atomic E-state index is 0.241. The normalized spacial score (nSPS) is 14.2. The van der Waals surface area contributed by atoms with Crippen LogP contribution in [0, 0.1) is 6.92 Å². The molecule has 0 fully saturated rings. The summed E-state index contributed by atoms with van der Waals surface area (Å²) < 4.78 is 0. The molecule has 0 saturated carbocycles. The largest absolute Gasteiger partial charge is 0.303 e. The number of hydrogen-bond acceptors (Lipinski definition) is 1. The molecule has 0 saturated heterocycles. The molecule has 90 valence electrons. The molecule has 1 rings (SSSR count). The Balaban J connectivity index is 3.10. The summed E-state index contributed by atoms with van der Waals surface area (Å²) in [6.07, 6.45) is 0. The van der Waals surface area contributed by atoms with Gasteiger partial charge in [0.05, 0.1) is 0 Å². The van der Waals surface area contributed by atoms with Crippen molar-refractivity contribution in [3.8, 4) is 0 Å². The van der Waals surface area contributed by atoms with Gasteiger partial charge in [-0.2, -0.15) is 0 Å². The fourth-order valence-corrected chi connectivity index (χ4v) is 1.89. The van der Waals surface area contributed by atoms with E-state index in [1.54, 1.807) is 0 Å². The van der Waals surface area contributed by atoms with Gasteiger partial charge in [-0.1, -0.05) is 39.0 Å². The van der Waals surface area contributed by atoms with Gasteiger partial charge in [-0.25, -0.2) is 0 Å². The fourth-order valence-electron chi connectivity index (χ4n) is 1.89. The maximum absolute atomic E-state index is 2.33. The zero-order valence-corrected chi connectivity index (χ0v) is 11.8. The van der Waals surface area contributed by atoms with E-state index in [0.717, 1.165) is 0 Å². The van der Waals surface area contributed by atoms with Gasteiger partial charge < -0.3 is 4.90 Å². The summed E-state index contributed by atoms with van der Waals surface area (Å²) in [6.45, 7) is 11.2. The van der Waals surface area contributed by atoms with Crippen LogP contribution in [0.2, 0.25) is 0 Å². The van der Waals surface area contributed by atoms with Gasteiger partial charge in [-0.15, -0.1) is 0 Å². The van der Waals surface area contributed by atoms with E-state index in [0.29, 0.717) is 6.04 Å². The smallest absolute Gasteiger partial charge is 0.0316 e. The summed E-state index contributed by atoms with van der Waals surface area (Å²) in [5.41, 5.74) is 4.48. The van der Waals surface area contributed by atoms with Crippen LogP contribution >= 0.6 is 0 Å². The van der Waals surface area contributed by atoms with E-state index in [2.05, 4.69) is 71.8 Å². The van der Waals surface area contributed by atoms with Crippen molar-refractivity contribution in [1.29, 1.82) is 0 Å². The highest BCUT2D eigenvalue weighted by molar-refractivity contribution is 5.36. The summed E-state index contributed by atoms with van der Waals surface area (Å²) in [5.74, 6) is 0. The molecule has 0 bridgehead atoms. The van der Waals surface area contributed by atoms with Gasteiger partial charge in [0.1, 0.15) is 0 Å². The zero-order valence-electron chi connectivity index (χ0n) is 11.8. The third kappa shape index (κ3) is 2.85. The highest BCUT2D eigenvalue weighted by atomic mass is 15.1. The van der Waals surface area contributed by atoms with Crippen molar-refractivity contribution >= 4 is 0 Å². The van der Waals surface area contributed by atoms with Gasteiger partial charge in [0, 0.05) is 6.04 Å². The van der Waals surface area contributed by atoms with Crippen LogP contribution in [-0.4, -0.2) is 19.0 Å². The van der Waals surface area contributed by atoms with Crippen molar-refractivity contribution in [2.45, 2.75) is 46.1 Å². The average Bonchev–Trinajstić information content (AvgIpc) is 2.15. The second kappa shape index (κ2) is 4.58. The third-order valence-corrected chi connectivity index (χ3v) is 3.36. The fraction of sp³-hybridized carbons (Fsp3) is 0.600. The first-order valence-corrected chi connectivity index (χ1v) is 6.01. The van der Waals surface area contributed by atoms with E-state index in [-0.39, 0.29) is 5.41 Å². The SMILES string of the molecule is Cc1cc(C(C)(C)C)ccc1C(C)N(C)C. The predicted molar refractivity (Wildman–Crippen MR) is 72.0 cm³/mol. The average molecular weight is 219 g/mol. The molecule has 0 N–H and O–H groups in total. The second-order valence-electron chi connectivity index (χ2n) is 5.96. The Labute approximate surface area is 100 Å². The Bertz CT molecular complexity index is 358. The summed E-state index contributed by atoms with van der Waals surface area (Å²) >= 11 is 0. The van der Waals surface area contributed by atoms with Crippen molar-refractivity contribution < 1.29 is 0 Å². The van der Waals surface area contributed by atoms with E-state index < -0.39 is 0 Å². The standard InChI is InChI=1S/C15H25N/c1-11-10-13(15(3,4)5)8-9-14(11)12(2)16(6)7/h8-10,12H,1-7H3. The number of nitrogens with zero attached hydrogens (tertiary/aromatic N) is 1. The van der Waals surface area contributed by atoms with Crippen LogP contribution in [0.4, 0.5) is 0 Å². The van der Waals surface area contributed by atoms with Crippen LogP contribution < -0.4 is 0 Å². The van der Waals surface area contributed by atoms with Crippen LogP contribution in [0.5, 0.6) is 0 Å². The number of rotatable bonds is 2. The van der Waals surface area contributed by atoms with Gasteiger partial charge >= 0.3 is 0 Å². The Morgan fingerprint density at radius 3 is 2.06 bits per heavy atom. The van der Waals surface area contributed by atoms with Crippen molar-refractivity contribution in [3.63, 3.8) is 0 Å². The summed E-state index contributed by atoms with van der Waals surface area (Å²) in [5, 5.41) is 0. The number of aryl methyl sites for hydroxylation is 1. The molecule has 0 spiro atoms. The van der Waals surface area contributed by atoms with E-state index in [1.807, 2.05) is 0 Å². The van der Waals surface area contributed by atoms with Crippen LogP contribution in [0.25, 0.3) is 0 Å². The Hall–Kier alpha value is -0.820. The first kappa shape index (κ1) is 13.2. The molecule has 1 aromatic rings. The van der Waals surface area contributed by atoms with Crippen LogP contribution in [0.15, 0.2) is 18.2 Å². The molecule has 1 aromatic carbocycles. The Morgan fingerprint density at radius 1 is 1.12 bits per heavy atom. The first-order chi connectivity index (χ1) is 7.23. The summed E-state index contributed by atoms with van der Waals surface area (Å²) in [6, 6.07) is 7.35. The van der Waals surface area contributed by atoms with Crippen LogP contribution in [0.1, 0.15) is 50.4 Å². The highest BCUT2D eigenvalue weighted by Gasteiger charge is 2.16. The quantitative estimate of drug-likeness (QED) is 0.729. The molecule has 0 heterocycles. The Morgan fingerprint density at radius 2 is 1.69 bits per heavy atom. The van der Waals surface area contributed by atoms with E-state index >= 15 is 0 Å².